The molecule has 1 fully saturated rings. The Bertz CT molecular complexity index is 745. The lowest BCUT2D eigenvalue weighted by atomic mass is 9.93. The molecule has 1 aliphatic heterocycles. The van der Waals surface area contributed by atoms with E-state index in [2.05, 4.69) is 68.1 Å². The van der Waals surface area contributed by atoms with E-state index >= 15 is 0 Å². The second-order valence-corrected chi connectivity index (χ2v) is 6.90. The van der Waals surface area contributed by atoms with E-state index in [0.29, 0.717) is 5.92 Å². The number of hydrogen-bond acceptors (Lipinski definition) is 3. The van der Waals surface area contributed by atoms with Gasteiger partial charge in [-0.25, -0.2) is 0 Å². The SMILES string of the molecule is COC(=O)C1CN(c2ccc(C)c(-c3cccc(C(C)C)c3)c2)C1. The Kier molecular flexibility index (Phi) is 4.61. The van der Waals surface area contributed by atoms with Crippen molar-refractivity contribution in [2.24, 2.45) is 5.92 Å². The lowest BCUT2D eigenvalue weighted by molar-refractivity contribution is -0.146. The Morgan fingerprint density at radius 3 is 2.58 bits per heavy atom. The van der Waals surface area contributed by atoms with Gasteiger partial charge in [0.15, 0.2) is 0 Å². The molecular formula is C21H25NO2. The van der Waals surface area contributed by atoms with E-state index < -0.39 is 0 Å². The molecular weight excluding hydrogens is 298 g/mol. The van der Waals surface area contributed by atoms with Crippen LogP contribution < -0.4 is 4.90 Å². The number of anilines is 1. The highest BCUT2D eigenvalue weighted by Gasteiger charge is 2.33. The first-order chi connectivity index (χ1) is 11.5. The first-order valence-electron chi connectivity index (χ1n) is 8.53. The van der Waals surface area contributed by atoms with Crippen molar-refractivity contribution in [3.05, 3.63) is 53.6 Å². The Hall–Kier alpha value is -2.29. The van der Waals surface area contributed by atoms with Gasteiger partial charge in [0, 0.05) is 18.8 Å². The predicted octanol–water partition coefficient (Wildman–Crippen LogP) is 4.39. The molecule has 1 aliphatic rings. The van der Waals surface area contributed by atoms with Crippen molar-refractivity contribution in [1.29, 1.82) is 0 Å². The number of benzene rings is 2. The minimum atomic E-state index is -0.108. The van der Waals surface area contributed by atoms with Crippen LogP contribution in [0.2, 0.25) is 0 Å². The number of ether oxygens (including phenoxy) is 1. The first-order valence-corrected chi connectivity index (χ1v) is 8.53. The quantitative estimate of drug-likeness (QED) is 0.781. The van der Waals surface area contributed by atoms with Crippen molar-refractivity contribution < 1.29 is 9.53 Å². The van der Waals surface area contributed by atoms with Gasteiger partial charge in [0.2, 0.25) is 0 Å². The van der Waals surface area contributed by atoms with Crippen molar-refractivity contribution >= 4 is 11.7 Å². The van der Waals surface area contributed by atoms with Crippen LogP contribution in [-0.4, -0.2) is 26.2 Å². The third-order valence-electron chi connectivity index (χ3n) is 4.87. The highest BCUT2D eigenvalue weighted by atomic mass is 16.5. The van der Waals surface area contributed by atoms with E-state index in [9.17, 15) is 4.79 Å². The molecule has 2 aromatic carbocycles. The molecule has 0 radical (unpaired) electrons. The molecule has 0 N–H and O–H groups in total. The summed E-state index contributed by atoms with van der Waals surface area (Å²) in [7, 11) is 1.46. The minimum Gasteiger partial charge on any atom is -0.469 e. The van der Waals surface area contributed by atoms with Crippen LogP contribution in [0.25, 0.3) is 11.1 Å². The normalized spacial score (nSPS) is 14.6. The molecule has 0 bridgehead atoms. The molecule has 1 heterocycles. The smallest absolute Gasteiger partial charge is 0.312 e. The first kappa shape index (κ1) is 16.6. The van der Waals surface area contributed by atoms with Crippen molar-refractivity contribution in [3.63, 3.8) is 0 Å². The number of nitrogens with zero attached hydrogens (tertiary/aromatic N) is 1. The van der Waals surface area contributed by atoms with Crippen molar-refractivity contribution in [3.8, 4) is 11.1 Å². The summed E-state index contributed by atoms with van der Waals surface area (Å²) >= 11 is 0. The van der Waals surface area contributed by atoms with E-state index in [1.165, 1.54) is 35.1 Å². The van der Waals surface area contributed by atoms with Gasteiger partial charge in [0.25, 0.3) is 0 Å². The van der Waals surface area contributed by atoms with E-state index in [1.807, 2.05) is 0 Å². The summed E-state index contributed by atoms with van der Waals surface area (Å²) in [6, 6.07) is 15.3. The number of rotatable bonds is 4. The van der Waals surface area contributed by atoms with Crippen molar-refractivity contribution in [1.82, 2.24) is 0 Å². The van der Waals surface area contributed by atoms with E-state index in [0.717, 1.165) is 13.1 Å². The fourth-order valence-electron chi connectivity index (χ4n) is 3.19. The molecule has 0 spiro atoms. The molecule has 3 heteroatoms. The maximum atomic E-state index is 11.6. The van der Waals surface area contributed by atoms with E-state index in [-0.39, 0.29) is 11.9 Å². The molecule has 3 rings (SSSR count). The molecule has 24 heavy (non-hydrogen) atoms. The molecule has 0 atom stereocenters. The van der Waals surface area contributed by atoms with Crippen LogP contribution in [-0.2, 0) is 9.53 Å². The number of carbonyl (C=O) groups excluding carboxylic acids is 1. The molecule has 0 aliphatic carbocycles. The van der Waals surface area contributed by atoms with Crippen LogP contribution in [0.5, 0.6) is 0 Å². The van der Waals surface area contributed by atoms with Gasteiger partial charge in [0.1, 0.15) is 0 Å². The number of hydrogen-bond donors (Lipinski definition) is 0. The van der Waals surface area contributed by atoms with Gasteiger partial charge in [-0.3, -0.25) is 4.79 Å². The number of methoxy groups -OCH3 is 1. The average Bonchev–Trinajstić information content (AvgIpc) is 2.54. The average molecular weight is 323 g/mol. The predicted molar refractivity (Wildman–Crippen MR) is 98.4 cm³/mol. The molecule has 0 amide bonds. The second kappa shape index (κ2) is 6.68. The van der Waals surface area contributed by atoms with Crippen molar-refractivity contribution in [2.45, 2.75) is 26.7 Å². The molecule has 1 saturated heterocycles. The highest BCUT2D eigenvalue weighted by molar-refractivity contribution is 5.78. The van der Waals surface area contributed by atoms with Crippen LogP contribution in [0.15, 0.2) is 42.5 Å². The standard InChI is InChI=1S/C21H25NO2/c1-14(2)16-6-5-7-17(10-16)20-11-19(9-8-15(20)3)22-12-18(13-22)21(23)24-4/h5-11,14,18H,12-13H2,1-4H3. The summed E-state index contributed by atoms with van der Waals surface area (Å²) in [5.41, 5.74) is 6.31. The Morgan fingerprint density at radius 2 is 1.92 bits per heavy atom. The lowest BCUT2D eigenvalue weighted by Crippen LogP contribution is -2.50. The maximum Gasteiger partial charge on any atom is 0.312 e. The van der Waals surface area contributed by atoms with Gasteiger partial charge in [-0.2, -0.15) is 0 Å². The van der Waals surface area contributed by atoms with Gasteiger partial charge < -0.3 is 9.64 Å². The zero-order valence-electron chi connectivity index (χ0n) is 14.9. The lowest BCUT2D eigenvalue weighted by Gasteiger charge is -2.39. The van der Waals surface area contributed by atoms with E-state index in [1.54, 1.807) is 0 Å². The summed E-state index contributed by atoms with van der Waals surface area (Å²) in [5, 5.41) is 0. The summed E-state index contributed by atoms with van der Waals surface area (Å²) in [6.07, 6.45) is 0. The van der Waals surface area contributed by atoms with Gasteiger partial charge in [0.05, 0.1) is 13.0 Å². The fraction of sp³-hybridized carbons (Fsp3) is 0.381. The molecule has 2 aromatic rings. The second-order valence-electron chi connectivity index (χ2n) is 6.90. The van der Waals surface area contributed by atoms with E-state index in [4.69, 9.17) is 4.74 Å². The van der Waals surface area contributed by atoms with Crippen LogP contribution in [0, 0.1) is 12.8 Å². The molecule has 0 aromatic heterocycles. The third kappa shape index (κ3) is 3.16. The van der Waals surface area contributed by atoms with Crippen LogP contribution >= 0.6 is 0 Å². The van der Waals surface area contributed by atoms with Gasteiger partial charge in [-0.15, -0.1) is 0 Å². The molecule has 0 saturated carbocycles. The zero-order chi connectivity index (χ0) is 17.3. The number of aryl methyl sites for hydroxylation is 1. The van der Waals surface area contributed by atoms with Crippen LogP contribution in [0.3, 0.4) is 0 Å². The monoisotopic (exact) mass is 323 g/mol. The highest BCUT2D eigenvalue weighted by Crippen LogP contribution is 2.33. The summed E-state index contributed by atoms with van der Waals surface area (Å²) in [6.45, 7) is 8.06. The Morgan fingerprint density at radius 1 is 1.17 bits per heavy atom. The number of carbonyl (C=O) groups is 1. The van der Waals surface area contributed by atoms with Gasteiger partial charge >= 0.3 is 5.97 Å². The molecule has 126 valence electrons. The van der Waals surface area contributed by atoms with Gasteiger partial charge in [-0.1, -0.05) is 44.2 Å². The van der Waals surface area contributed by atoms with Crippen LogP contribution in [0.4, 0.5) is 5.69 Å². The largest absolute Gasteiger partial charge is 0.469 e. The summed E-state index contributed by atoms with van der Waals surface area (Å²) < 4.78 is 4.82. The Balaban J connectivity index is 1.85. The number of esters is 1. The van der Waals surface area contributed by atoms with Gasteiger partial charge in [-0.05, 0) is 47.2 Å². The summed E-state index contributed by atoms with van der Waals surface area (Å²) in [5.74, 6) is 0.414. The zero-order valence-corrected chi connectivity index (χ0v) is 14.9. The summed E-state index contributed by atoms with van der Waals surface area (Å²) in [4.78, 5) is 13.8. The third-order valence-corrected chi connectivity index (χ3v) is 4.87. The topological polar surface area (TPSA) is 29.5 Å². The van der Waals surface area contributed by atoms with Crippen LogP contribution in [0.1, 0.15) is 30.9 Å². The fourth-order valence-corrected chi connectivity index (χ4v) is 3.19. The maximum absolute atomic E-state index is 11.6. The Labute approximate surface area is 144 Å². The minimum absolute atomic E-state index is 0.00372. The molecule has 0 unspecified atom stereocenters. The molecule has 3 nitrogen and oxygen atoms in total. The van der Waals surface area contributed by atoms with Crippen molar-refractivity contribution in [2.75, 3.05) is 25.1 Å².